The average molecular weight is 436 g/mol. The molecule has 30 heavy (non-hydrogen) atoms. The summed E-state index contributed by atoms with van der Waals surface area (Å²) in [4.78, 5) is 17.8. The molecule has 2 aliphatic rings. The first-order chi connectivity index (χ1) is 14.2. The number of likely N-dealkylation sites (N-methyl/N-ethyl adjacent to an activating group) is 1. The summed E-state index contributed by atoms with van der Waals surface area (Å²) in [7, 11) is -1.37. The first kappa shape index (κ1) is 23.1. The largest absolute Gasteiger partial charge is 0.369 e. The zero-order valence-corrected chi connectivity index (χ0v) is 19.7. The molecule has 1 atom stereocenters. The van der Waals surface area contributed by atoms with Crippen LogP contribution in [0.3, 0.4) is 0 Å². The molecule has 1 amide bonds. The van der Waals surface area contributed by atoms with Gasteiger partial charge in [-0.15, -0.1) is 0 Å². The van der Waals surface area contributed by atoms with Gasteiger partial charge in [0.05, 0.1) is 5.25 Å². The Hall–Kier alpha value is -1.60. The second-order valence-electron chi connectivity index (χ2n) is 9.29. The predicted octanol–water partition coefficient (Wildman–Crippen LogP) is 3.46. The van der Waals surface area contributed by atoms with Gasteiger partial charge < -0.3 is 15.1 Å². The Balaban J connectivity index is 1.73. The maximum absolute atomic E-state index is 13.2. The third-order valence-electron chi connectivity index (χ3n) is 6.54. The summed E-state index contributed by atoms with van der Waals surface area (Å²) in [6.45, 7) is 9.73. The molecule has 1 saturated heterocycles. The highest BCUT2D eigenvalue weighted by molar-refractivity contribution is 7.93. The lowest BCUT2D eigenvalue weighted by molar-refractivity contribution is -0.116. The fourth-order valence-corrected chi connectivity index (χ4v) is 7.30. The molecule has 1 aromatic rings. The maximum Gasteiger partial charge on any atom is 0.242 e. The molecule has 1 aromatic carbocycles. The van der Waals surface area contributed by atoms with Crippen molar-refractivity contribution in [3.63, 3.8) is 0 Å². The van der Waals surface area contributed by atoms with Crippen molar-refractivity contribution in [3.05, 3.63) is 23.8 Å². The van der Waals surface area contributed by atoms with Crippen LogP contribution in [0.15, 0.2) is 18.2 Å². The topological polar surface area (TPSA) is 69.7 Å². The van der Waals surface area contributed by atoms with Crippen molar-refractivity contribution in [1.82, 2.24) is 4.90 Å². The van der Waals surface area contributed by atoms with Gasteiger partial charge in [-0.3, -0.25) is 4.79 Å². The number of rotatable bonds is 6. The van der Waals surface area contributed by atoms with E-state index in [1.54, 1.807) is 0 Å². The van der Waals surface area contributed by atoms with Crippen molar-refractivity contribution in [2.75, 3.05) is 43.4 Å². The third-order valence-corrected chi connectivity index (χ3v) is 9.41. The first-order valence-corrected chi connectivity index (χ1v) is 12.9. The SMILES string of the molecule is Cc1cc(NC(=O)C(C(C)C)S(=O)(=O)C2CCCCC2)ccc1N1CCN(C)CC1. The second kappa shape index (κ2) is 9.69. The van der Waals surface area contributed by atoms with Gasteiger partial charge in [-0.25, -0.2) is 8.42 Å². The van der Waals surface area contributed by atoms with Gasteiger partial charge in [0, 0.05) is 37.6 Å². The van der Waals surface area contributed by atoms with E-state index in [2.05, 4.69) is 22.2 Å². The molecule has 2 fully saturated rings. The van der Waals surface area contributed by atoms with Gasteiger partial charge in [0.1, 0.15) is 5.25 Å². The molecule has 3 rings (SSSR count). The number of anilines is 2. The van der Waals surface area contributed by atoms with Crippen LogP contribution in [0, 0.1) is 12.8 Å². The van der Waals surface area contributed by atoms with Gasteiger partial charge in [-0.1, -0.05) is 33.1 Å². The monoisotopic (exact) mass is 435 g/mol. The molecule has 1 unspecified atom stereocenters. The van der Waals surface area contributed by atoms with E-state index in [-0.39, 0.29) is 11.2 Å². The number of hydrogen-bond donors (Lipinski definition) is 1. The number of benzene rings is 1. The van der Waals surface area contributed by atoms with Crippen molar-refractivity contribution >= 4 is 27.1 Å². The van der Waals surface area contributed by atoms with Crippen LogP contribution in [0.2, 0.25) is 0 Å². The van der Waals surface area contributed by atoms with Crippen molar-refractivity contribution in [1.29, 1.82) is 0 Å². The molecule has 0 aromatic heterocycles. The Labute approximate surface area is 181 Å². The third kappa shape index (κ3) is 5.17. The van der Waals surface area contributed by atoms with Crippen LogP contribution in [-0.2, 0) is 14.6 Å². The highest BCUT2D eigenvalue weighted by atomic mass is 32.2. The lowest BCUT2D eigenvalue weighted by Crippen LogP contribution is -2.45. The Morgan fingerprint density at radius 1 is 1.07 bits per heavy atom. The van der Waals surface area contributed by atoms with Crippen LogP contribution in [0.25, 0.3) is 0 Å². The fourth-order valence-electron chi connectivity index (χ4n) is 4.78. The number of sulfone groups is 1. The summed E-state index contributed by atoms with van der Waals surface area (Å²) in [5, 5.41) is 1.52. The fraction of sp³-hybridized carbons (Fsp3) is 0.696. The normalized spacial score (nSPS) is 20.4. The molecule has 1 aliphatic carbocycles. The van der Waals surface area contributed by atoms with Gasteiger partial charge >= 0.3 is 0 Å². The van der Waals surface area contributed by atoms with Gasteiger partial charge in [0.25, 0.3) is 0 Å². The minimum Gasteiger partial charge on any atom is -0.369 e. The predicted molar refractivity (Wildman–Crippen MR) is 124 cm³/mol. The summed E-state index contributed by atoms with van der Waals surface area (Å²) in [6, 6.07) is 5.88. The molecule has 1 saturated carbocycles. The zero-order valence-electron chi connectivity index (χ0n) is 18.9. The molecular weight excluding hydrogens is 398 g/mol. The molecule has 0 spiro atoms. The quantitative estimate of drug-likeness (QED) is 0.741. The lowest BCUT2D eigenvalue weighted by Gasteiger charge is -2.35. The maximum atomic E-state index is 13.2. The Bertz CT molecular complexity index is 839. The molecule has 1 N–H and O–H groups in total. The number of piperazine rings is 1. The Morgan fingerprint density at radius 2 is 1.70 bits per heavy atom. The summed E-state index contributed by atoms with van der Waals surface area (Å²) >= 11 is 0. The van der Waals surface area contributed by atoms with E-state index >= 15 is 0 Å². The van der Waals surface area contributed by atoms with Crippen LogP contribution < -0.4 is 10.2 Å². The van der Waals surface area contributed by atoms with Crippen molar-refractivity contribution < 1.29 is 13.2 Å². The molecule has 168 valence electrons. The Kier molecular flexibility index (Phi) is 7.45. The van der Waals surface area contributed by atoms with E-state index in [1.807, 2.05) is 39.0 Å². The lowest BCUT2D eigenvalue weighted by atomic mass is 10.0. The van der Waals surface area contributed by atoms with Crippen LogP contribution in [0.1, 0.15) is 51.5 Å². The number of amides is 1. The van der Waals surface area contributed by atoms with Crippen LogP contribution >= 0.6 is 0 Å². The number of carbonyl (C=O) groups excluding carboxylic acids is 1. The zero-order chi connectivity index (χ0) is 21.9. The van der Waals surface area contributed by atoms with E-state index < -0.39 is 21.0 Å². The number of nitrogens with one attached hydrogen (secondary N) is 1. The number of hydrogen-bond acceptors (Lipinski definition) is 5. The highest BCUT2D eigenvalue weighted by Gasteiger charge is 2.41. The summed E-state index contributed by atoms with van der Waals surface area (Å²) in [5.41, 5.74) is 2.93. The number of carbonyl (C=O) groups is 1. The molecular formula is C23H37N3O3S. The van der Waals surface area contributed by atoms with E-state index in [9.17, 15) is 13.2 Å². The van der Waals surface area contributed by atoms with Gasteiger partial charge in [0.15, 0.2) is 9.84 Å². The van der Waals surface area contributed by atoms with Crippen molar-refractivity contribution in [2.45, 2.75) is 63.4 Å². The average Bonchev–Trinajstić information content (AvgIpc) is 2.69. The number of nitrogens with zero attached hydrogens (tertiary/aromatic N) is 2. The van der Waals surface area contributed by atoms with E-state index in [0.717, 1.165) is 51.0 Å². The van der Waals surface area contributed by atoms with E-state index in [0.29, 0.717) is 18.5 Å². The standard InChI is InChI=1S/C23H37N3O3S/c1-17(2)22(30(28,29)20-8-6-5-7-9-20)23(27)24-19-10-11-21(18(3)16-19)26-14-12-25(4)13-15-26/h10-11,16-17,20,22H,5-9,12-15H2,1-4H3,(H,24,27). The van der Waals surface area contributed by atoms with Crippen LogP contribution in [-0.4, -0.2) is 63.0 Å². The highest BCUT2D eigenvalue weighted by Crippen LogP contribution is 2.30. The first-order valence-electron chi connectivity index (χ1n) is 11.3. The van der Waals surface area contributed by atoms with Gasteiger partial charge in [0.2, 0.25) is 5.91 Å². The van der Waals surface area contributed by atoms with Gasteiger partial charge in [-0.2, -0.15) is 0 Å². The molecule has 1 heterocycles. The number of aryl methyl sites for hydroxylation is 1. The second-order valence-corrected chi connectivity index (χ2v) is 11.6. The molecule has 6 nitrogen and oxygen atoms in total. The van der Waals surface area contributed by atoms with Crippen molar-refractivity contribution in [3.8, 4) is 0 Å². The minimum atomic E-state index is -3.51. The molecule has 1 aliphatic heterocycles. The summed E-state index contributed by atoms with van der Waals surface area (Å²) in [6.07, 6.45) is 4.31. The van der Waals surface area contributed by atoms with Crippen LogP contribution in [0.5, 0.6) is 0 Å². The smallest absolute Gasteiger partial charge is 0.242 e. The Morgan fingerprint density at radius 3 is 2.27 bits per heavy atom. The summed E-state index contributed by atoms with van der Waals surface area (Å²) < 4.78 is 26.5. The molecule has 0 bridgehead atoms. The van der Waals surface area contributed by atoms with Gasteiger partial charge in [-0.05, 0) is 56.5 Å². The van der Waals surface area contributed by atoms with Crippen molar-refractivity contribution in [2.24, 2.45) is 5.92 Å². The van der Waals surface area contributed by atoms with E-state index in [1.165, 1.54) is 5.69 Å². The molecule has 7 heteroatoms. The molecule has 0 radical (unpaired) electrons. The summed E-state index contributed by atoms with van der Waals surface area (Å²) in [5.74, 6) is -0.662. The minimum absolute atomic E-state index is 0.261. The van der Waals surface area contributed by atoms with Crippen LogP contribution in [0.4, 0.5) is 11.4 Å². The van der Waals surface area contributed by atoms with E-state index in [4.69, 9.17) is 0 Å².